The Bertz CT molecular complexity index is 310. The minimum atomic E-state index is 0.543. The average Bonchev–Trinajstić information content (AvgIpc) is 2.90. The molecule has 1 heterocycles. The SMILES string of the molecule is NC(=NCCc1ccco1)C1CCCC1. The topological polar surface area (TPSA) is 51.5 Å². The van der Waals surface area contributed by atoms with Crippen molar-refractivity contribution < 1.29 is 4.42 Å². The van der Waals surface area contributed by atoms with Crippen LogP contribution in [0.25, 0.3) is 0 Å². The van der Waals surface area contributed by atoms with Gasteiger partial charge < -0.3 is 10.2 Å². The third kappa shape index (κ3) is 2.85. The van der Waals surface area contributed by atoms with Crippen molar-refractivity contribution in [3.8, 4) is 0 Å². The lowest BCUT2D eigenvalue weighted by Gasteiger charge is -2.07. The molecule has 0 saturated heterocycles. The standard InChI is InChI=1S/C12H18N2O/c13-12(10-4-1-2-5-10)14-8-7-11-6-3-9-15-11/h3,6,9-10H,1-2,4-5,7-8H2,(H2,13,14). The van der Waals surface area contributed by atoms with Crippen LogP contribution in [0.4, 0.5) is 0 Å². The molecule has 82 valence electrons. The highest BCUT2D eigenvalue weighted by Gasteiger charge is 2.17. The van der Waals surface area contributed by atoms with E-state index in [1.165, 1.54) is 25.7 Å². The van der Waals surface area contributed by atoms with Gasteiger partial charge in [0.15, 0.2) is 0 Å². The zero-order valence-corrected chi connectivity index (χ0v) is 8.98. The summed E-state index contributed by atoms with van der Waals surface area (Å²) in [5.41, 5.74) is 5.94. The van der Waals surface area contributed by atoms with Gasteiger partial charge in [-0.3, -0.25) is 4.99 Å². The molecule has 3 heteroatoms. The average molecular weight is 206 g/mol. The molecule has 1 saturated carbocycles. The Morgan fingerprint density at radius 2 is 2.27 bits per heavy atom. The number of nitrogens with zero attached hydrogens (tertiary/aromatic N) is 1. The maximum Gasteiger partial charge on any atom is 0.105 e. The van der Waals surface area contributed by atoms with Crippen LogP contribution < -0.4 is 5.73 Å². The molecule has 1 fully saturated rings. The Labute approximate surface area is 90.4 Å². The Morgan fingerprint density at radius 1 is 1.47 bits per heavy atom. The molecule has 15 heavy (non-hydrogen) atoms. The molecule has 0 atom stereocenters. The lowest BCUT2D eigenvalue weighted by Crippen LogP contribution is -2.21. The highest BCUT2D eigenvalue weighted by atomic mass is 16.3. The van der Waals surface area contributed by atoms with Gasteiger partial charge in [0.05, 0.1) is 12.1 Å². The van der Waals surface area contributed by atoms with Gasteiger partial charge in [-0.05, 0) is 25.0 Å². The smallest absolute Gasteiger partial charge is 0.105 e. The van der Waals surface area contributed by atoms with Crippen molar-refractivity contribution in [3.63, 3.8) is 0 Å². The molecular formula is C12H18N2O. The van der Waals surface area contributed by atoms with Crippen LogP contribution in [-0.4, -0.2) is 12.4 Å². The largest absolute Gasteiger partial charge is 0.469 e. The number of aliphatic imine (C=N–C) groups is 1. The van der Waals surface area contributed by atoms with E-state index in [0.29, 0.717) is 5.92 Å². The molecule has 1 aromatic rings. The molecule has 1 aromatic heterocycles. The first kappa shape index (κ1) is 10.3. The van der Waals surface area contributed by atoms with Crippen molar-refractivity contribution in [2.75, 3.05) is 6.54 Å². The summed E-state index contributed by atoms with van der Waals surface area (Å²) in [5.74, 6) is 2.37. The van der Waals surface area contributed by atoms with Gasteiger partial charge in [0, 0.05) is 18.9 Å². The van der Waals surface area contributed by atoms with Gasteiger partial charge in [-0.15, -0.1) is 0 Å². The molecule has 3 nitrogen and oxygen atoms in total. The summed E-state index contributed by atoms with van der Waals surface area (Å²) in [7, 11) is 0. The summed E-state index contributed by atoms with van der Waals surface area (Å²) in [6, 6.07) is 3.88. The lowest BCUT2D eigenvalue weighted by molar-refractivity contribution is 0.510. The Hall–Kier alpha value is -1.25. The maximum atomic E-state index is 5.94. The molecule has 0 bridgehead atoms. The normalized spacial score (nSPS) is 18.5. The van der Waals surface area contributed by atoms with E-state index in [1.807, 2.05) is 12.1 Å². The van der Waals surface area contributed by atoms with Crippen LogP contribution in [0.5, 0.6) is 0 Å². The highest BCUT2D eigenvalue weighted by molar-refractivity contribution is 5.83. The van der Waals surface area contributed by atoms with Crippen molar-refractivity contribution in [1.29, 1.82) is 0 Å². The minimum Gasteiger partial charge on any atom is -0.469 e. The molecule has 0 aliphatic heterocycles. The Kier molecular flexibility index (Phi) is 3.43. The molecule has 2 N–H and O–H groups in total. The van der Waals surface area contributed by atoms with E-state index in [-0.39, 0.29) is 0 Å². The third-order valence-corrected chi connectivity index (χ3v) is 3.01. The fraction of sp³-hybridized carbons (Fsp3) is 0.583. The summed E-state index contributed by atoms with van der Waals surface area (Å²) in [6.45, 7) is 0.746. The zero-order chi connectivity index (χ0) is 10.5. The number of rotatable bonds is 4. The van der Waals surface area contributed by atoms with Crippen LogP contribution in [0, 0.1) is 5.92 Å². The molecule has 0 amide bonds. The van der Waals surface area contributed by atoms with Crippen LogP contribution >= 0.6 is 0 Å². The van der Waals surface area contributed by atoms with Crippen LogP contribution in [0.1, 0.15) is 31.4 Å². The number of hydrogen-bond acceptors (Lipinski definition) is 2. The molecule has 0 aromatic carbocycles. The number of amidine groups is 1. The summed E-state index contributed by atoms with van der Waals surface area (Å²) in [5, 5.41) is 0. The number of hydrogen-bond donors (Lipinski definition) is 1. The summed E-state index contributed by atoms with van der Waals surface area (Å²) in [4.78, 5) is 4.42. The quantitative estimate of drug-likeness (QED) is 0.607. The van der Waals surface area contributed by atoms with Gasteiger partial charge >= 0.3 is 0 Å². The second-order valence-corrected chi connectivity index (χ2v) is 4.12. The molecule has 2 rings (SSSR count). The van der Waals surface area contributed by atoms with Crippen molar-refractivity contribution >= 4 is 5.84 Å². The van der Waals surface area contributed by atoms with Gasteiger partial charge in [-0.25, -0.2) is 0 Å². The molecular weight excluding hydrogens is 188 g/mol. The van der Waals surface area contributed by atoms with Crippen LogP contribution in [0.2, 0.25) is 0 Å². The second kappa shape index (κ2) is 5.01. The van der Waals surface area contributed by atoms with E-state index in [1.54, 1.807) is 6.26 Å². The van der Waals surface area contributed by atoms with Gasteiger partial charge in [-0.2, -0.15) is 0 Å². The van der Waals surface area contributed by atoms with Gasteiger partial charge in [-0.1, -0.05) is 12.8 Å². The lowest BCUT2D eigenvalue weighted by atomic mass is 10.1. The van der Waals surface area contributed by atoms with E-state index in [4.69, 9.17) is 10.2 Å². The maximum absolute atomic E-state index is 5.94. The minimum absolute atomic E-state index is 0.543. The van der Waals surface area contributed by atoms with Gasteiger partial charge in [0.1, 0.15) is 5.76 Å². The van der Waals surface area contributed by atoms with Crippen molar-refractivity contribution in [3.05, 3.63) is 24.2 Å². The third-order valence-electron chi connectivity index (χ3n) is 3.01. The van der Waals surface area contributed by atoms with Crippen LogP contribution in [0.3, 0.4) is 0 Å². The molecule has 0 spiro atoms. The zero-order valence-electron chi connectivity index (χ0n) is 8.98. The summed E-state index contributed by atoms with van der Waals surface area (Å²) in [6.07, 6.45) is 7.59. The van der Waals surface area contributed by atoms with E-state index in [0.717, 1.165) is 24.6 Å². The monoisotopic (exact) mass is 206 g/mol. The van der Waals surface area contributed by atoms with Crippen molar-refractivity contribution in [1.82, 2.24) is 0 Å². The van der Waals surface area contributed by atoms with Gasteiger partial charge in [0.2, 0.25) is 0 Å². The Balaban J connectivity index is 1.78. The van der Waals surface area contributed by atoms with Crippen LogP contribution in [-0.2, 0) is 6.42 Å². The molecule has 1 aliphatic rings. The molecule has 0 radical (unpaired) electrons. The first-order valence-electron chi connectivity index (χ1n) is 5.68. The summed E-state index contributed by atoms with van der Waals surface area (Å²) >= 11 is 0. The predicted molar refractivity (Wildman–Crippen MR) is 60.9 cm³/mol. The number of furan rings is 1. The Morgan fingerprint density at radius 3 is 2.93 bits per heavy atom. The number of nitrogens with two attached hydrogens (primary N) is 1. The fourth-order valence-electron chi connectivity index (χ4n) is 2.10. The van der Waals surface area contributed by atoms with Crippen molar-refractivity contribution in [2.24, 2.45) is 16.6 Å². The van der Waals surface area contributed by atoms with Gasteiger partial charge in [0.25, 0.3) is 0 Å². The van der Waals surface area contributed by atoms with E-state index >= 15 is 0 Å². The highest BCUT2D eigenvalue weighted by Crippen LogP contribution is 2.24. The molecule has 1 aliphatic carbocycles. The fourth-order valence-corrected chi connectivity index (χ4v) is 2.10. The van der Waals surface area contributed by atoms with E-state index in [9.17, 15) is 0 Å². The van der Waals surface area contributed by atoms with E-state index < -0.39 is 0 Å². The molecule has 0 unspecified atom stereocenters. The van der Waals surface area contributed by atoms with E-state index in [2.05, 4.69) is 4.99 Å². The van der Waals surface area contributed by atoms with Crippen molar-refractivity contribution in [2.45, 2.75) is 32.1 Å². The summed E-state index contributed by atoms with van der Waals surface area (Å²) < 4.78 is 5.23. The first-order valence-corrected chi connectivity index (χ1v) is 5.68. The van der Waals surface area contributed by atoms with Crippen LogP contribution in [0.15, 0.2) is 27.8 Å². The first-order chi connectivity index (χ1) is 7.36. The second-order valence-electron chi connectivity index (χ2n) is 4.12. The predicted octanol–water partition coefficient (Wildman–Crippen LogP) is 2.37.